The summed E-state index contributed by atoms with van der Waals surface area (Å²) in [7, 11) is -3.62. The summed E-state index contributed by atoms with van der Waals surface area (Å²) < 4.78 is 31.1. The molecular formula is C11H21N5O5S. The Morgan fingerprint density at radius 1 is 1.50 bits per heavy atom. The van der Waals surface area contributed by atoms with Crippen LogP contribution in [0.1, 0.15) is 50.0 Å². The van der Waals surface area contributed by atoms with Gasteiger partial charge in [-0.3, -0.25) is 4.79 Å². The van der Waals surface area contributed by atoms with Crippen molar-refractivity contribution in [2.24, 2.45) is 11.5 Å². The van der Waals surface area contributed by atoms with Crippen LogP contribution in [-0.4, -0.2) is 41.9 Å². The monoisotopic (exact) mass is 335 g/mol. The number of amides is 1. The van der Waals surface area contributed by atoms with Gasteiger partial charge >= 0.3 is 0 Å². The van der Waals surface area contributed by atoms with Gasteiger partial charge in [0.2, 0.25) is 21.8 Å². The van der Waals surface area contributed by atoms with Crippen LogP contribution in [-0.2, 0) is 14.8 Å². The number of unbranched alkanes of at least 4 members (excludes halogenated alkanes) is 1. The summed E-state index contributed by atoms with van der Waals surface area (Å²) in [6.45, 7) is 1.46. The molecule has 0 aromatic carbocycles. The van der Waals surface area contributed by atoms with Crippen molar-refractivity contribution < 1.29 is 22.8 Å². The molecule has 0 fully saturated rings. The number of nitrogens with two attached hydrogens (primary N) is 2. The largest absolute Gasteiger partial charge is 0.394 e. The highest BCUT2D eigenvalue weighted by Gasteiger charge is 2.27. The number of nitrogens with one attached hydrogen (secondary N) is 1. The van der Waals surface area contributed by atoms with Crippen LogP contribution in [0.3, 0.4) is 0 Å². The Hall–Kier alpha value is -1.56. The molecule has 126 valence electrons. The number of hydrogen-bond donors (Lipinski definition) is 4. The molecule has 0 aliphatic carbocycles. The molecule has 0 bridgehead atoms. The lowest BCUT2D eigenvalue weighted by atomic mass is 10.2. The number of hydrogen-bond acceptors (Lipinski definition) is 8. The zero-order chi connectivity index (χ0) is 16.8. The van der Waals surface area contributed by atoms with E-state index in [0.29, 0.717) is 12.8 Å². The van der Waals surface area contributed by atoms with E-state index in [9.17, 15) is 13.2 Å². The molecule has 1 amide bonds. The van der Waals surface area contributed by atoms with E-state index in [-0.39, 0.29) is 23.9 Å². The molecule has 1 heterocycles. The maximum absolute atomic E-state index is 11.9. The van der Waals surface area contributed by atoms with Crippen LogP contribution < -0.4 is 16.2 Å². The van der Waals surface area contributed by atoms with E-state index >= 15 is 0 Å². The number of primary amides is 1. The molecule has 1 aromatic heterocycles. The Bertz CT molecular complexity index is 587. The lowest BCUT2D eigenvalue weighted by Gasteiger charge is -2.13. The minimum absolute atomic E-state index is 0.0136. The SMILES string of the molecule is CCCCS(=O)(=O)N[C@@H](CC(N)=O)c1nc(C(N)CO)no1. The summed E-state index contributed by atoms with van der Waals surface area (Å²) >= 11 is 0. The molecule has 22 heavy (non-hydrogen) atoms. The third-order valence-electron chi connectivity index (χ3n) is 2.78. The zero-order valence-electron chi connectivity index (χ0n) is 12.2. The minimum Gasteiger partial charge on any atom is -0.394 e. The number of carbonyl (C=O) groups excluding carboxylic acids is 1. The summed E-state index contributed by atoms with van der Waals surface area (Å²) in [5.41, 5.74) is 10.7. The van der Waals surface area contributed by atoms with Gasteiger partial charge < -0.3 is 21.1 Å². The van der Waals surface area contributed by atoms with Gasteiger partial charge in [0.15, 0.2) is 5.82 Å². The lowest BCUT2D eigenvalue weighted by Crippen LogP contribution is -2.33. The Kier molecular flexibility index (Phi) is 6.87. The van der Waals surface area contributed by atoms with Crippen molar-refractivity contribution >= 4 is 15.9 Å². The van der Waals surface area contributed by atoms with Gasteiger partial charge in [-0.1, -0.05) is 18.5 Å². The normalized spacial score (nSPS) is 14.7. The van der Waals surface area contributed by atoms with Crippen molar-refractivity contribution in [3.05, 3.63) is 11.7 Å². The van der Waals surface area contributed by atoms with Gasteiger partial charge in [-0.15, -0.1) is 0 Å². The fourth-order valence-corrected chi connectivity index (χ4v) is 3.02. The van der Waals surface area contributed by atoms with Gasteiger partial charge in [-0.25, -0.2) is 13.1 Å². The second kappa shape index (κ2) is 8.17. The highest BCUT2D eigenvalue weighted by atomic mass is 32.2. The van der Waals surface area contributed by atoms with Crippen LogP contribution in [0.2, 0.25) is 0 Å². The molecule has 0 saturated carbocycles. The first-order valence-corrected chi connectivity index (χ1v) is 8.42. The number of aliphatic hydroxyl groups excluding tert-OH is 1. The minimum atomic E-state index is -3.62. The molecule has 0 aliphatic heterocycles. The van der Waals surface area contributed by atoms with Gasteiger partial charge in [0.05, 0.1) is 24.8 Å². The standard InChI is InChI=1S/C11H21N5O5S/c1-2-3-4-22(19,20)16-8(5-9(13)18)11-14-10(15-21-11)7(12)6-17/h7-8,16-17H,2-6,12H2,1H3,(H2,13,18)/t7?,8-/m0/s1. The van der Waals surface area contributed by atoms with E-state index in [1.165, 1.54) is 0 Å². The maximum atomic E-state index is 11.9. The molecule has 1 rings (SSSR count). The number of rotatable bonds is 10. The predicted octanol–water partition coefficient (Wildman–Crippen LogP) is -1.30. The highest BCUT2D eigenvalue weighted by molar-refractivity contribution is 7.89. The molecule has 0 saturated heterocycles. The second-order valence-corrected chi connectivity index (χ2v) is 6.67. The van der Waals surface area contributed by atoms with Gasteiger partial charge in [0, 0.05) is 0 Å². The average molecular weight is 335 g/mol. The summed E-state index contributed by atoms with van der Waals surface area (Å²) in [6, 6.07) is -1.92. The topological polar surface area (TPSA) is 174 Å². The number of nitrogens with zero attached hydrogens (tertiary/aromatic N) is 2. The average Bonchev–Trinajstić information content (AvgIpc) is 2.92. The first-order chi connectivity index (χ1) is 10.3. The van der Waals surface area contributed by atoms with E-state index in [1.807, 2.05) is 6.92 Å². The molecule has 0 radical (unpaired) electrons. The Labute approximate surface area is 128 Å². The number of aliphatic hydroxyl groups is 1. The van der Waals surface area contributed by atoms with Gasteiger partial charge in [-0.2, -0.15) is 4.98 Å². The summed E-state index contributed by atoms with van der Waals surface area (Å²) in [5, 5.41) is 12.5. The second-order valence-electron chi connectivity index (χ2n) is 4.79. The predicted molar refractivity (Wildman–Crippen MR) is 76.7 cm³/mol. The summed E-state index contributed by atoms with van der Waals surface area (Å²) in [5.74, 6) is -0.928. The van der Waals surface area contributed by atoms with Gasteiger partial charge in [0.1, 0.15) is 6.04 Å². The van der Waals surface area contributed by atoms with Crippen LogP contribution in [0.5, 0.6) is 0 Å². The number of carbonyl (C=O) groups is 1. The van der Waals surface area contributed by atoms with Crippen molar-refractivity contribution in [2.75, 3.05) is 12.4 Å². The lowest BCUT2D eigenvalue weighted by molar-refractivity contribution is -0.118. The molecule has 10 nitrogen and oxygen atoms in total. The van der Waals surface area contributed by atoms with E-state index in [4.69, 9.17) is 21.1 Å². The number of aromatic nitrogens is 2. The van der Waals surface area contributed by atoms with Crippen LogP contribution in [0.25, 0.3) is 0 Å². The molecule has 11 heteroatoms. The molecule has 2 atom stereocenters. The maximum Gasteiger partial charge on any atom is 0.245 e. The molecule has 0 aliphatic rings. The van der Waals surface area contributed by atoms with Crippen LogP contribution in [0, 0.1) is 0 Å². The van der Waals surface area contributed by atoms with Crippen LogP contribution in [0.4, 0.5) is 0 Å². The highest BCUT2D eigenvalue weighted by Crippen LogP contribution is 2.18. The van der Waals surface area contributed by atoms with Crippen molar-refractivity contribution in [3.63, 3.8) is 0 Å². The van der Waals surface area contributed by atoms with E-state index in [1.54, 1.807) is 0 Å². The van der Waals surface area contributed by atoms with E-state index in [0.717, 1.165) is 0 Å². The molecule has 6 N–H and O–H groups in total. The number of sulfonamides is 1. The van der Waals surface area contributed by atoms with Crippen molar-refractivity contribution in [2.45, 2.75) is 38.3 Å². The van der Waals surface area contributed by atoms with Crippen LogP contribution in [0.15, 0.2) is 4.52 Å². The molecule has 1 unspecified atom stereocenters. The Morgan fingerprint density at radius 3 is 2.73 bits per heavy atom. The quantitative estimate of drug-likeness (QED) is 0.408. The zero-order valence-corrected chi connectivity index (χ0v) is 13.0. The summed E-state index contributed by atoms with van der Waals surface area (Å²) in [6.07, 6.45) is 0.849. The third-order valence-corrected chi connectivity index (χ3v) is 4.25. The van der Waals surface area contributed by atoms with E-state index in [2.05, 4.69) is 14.9 Å². The molecular weight excluding hydrogens is 314 g/mol. The fourth-order valence-electron chi connectivity index (χ4n) is 1.61. The first kappa shape index (κ1) is 18.5. The van der Waals surface area contributed by atoms with Crippen LogP contribution >= 0.6 is 0 Å². The van der Waals surface area contributed by atoms with Crippen molar-refractivity contribution in [1.82, 2.24) is 14.9 Å². The third kappa shape index (κ3) is 5.67. The van der Waals surface area contributed by atoms with Crippen molar-refractivity contribution in [3.8, 4) is 0 Å². The van der Waals surface area contributed by atoms with Gasteiger partial charge in [0.25, 0.3) is 0 Å². The van der Waals surface area contributed by atoms with E-state index < -0.39 is 34.6 Å². The smallest absolute Gasteiger partial charge is 0.245 e. The summed E-state index contributed by atoms with van der Waals surface area (Å²) in [4.78, 5) is 15.0. The fraction of sp³-hybridized carbons (Fsp3) is 0.727. The Balaban J connectivity index is 2.93. The first-order valence-electron chi connectivity index (χ1n) is 6.77. The van der Waals surface area contributed by atoms with Crippen molar-refractivity contribution in [1.29, 1.82) is 0 Å². The molecule has 1 aromatic rings. The molecule has 0 spiro atoms. The Morgan fingerprint density at radius 2 is 2.18 bits per heavy atom. The van der Waals surface area contributed by atoms with Gasteiger partial charge in [-0.05, 0) is 6.42 Å².